The fourth-order valence-electron chi connectivity index (χ4n) is 2.00. The molecule has 0 fully saturated rings. The van der Waals surface area contributed by atoms with Crippen LogP contribution in [0.25, 0.3) is 0 Å². The third-order valence-corrected chi connectivity index (χ3v) is 2.93. The van der Waals surface area contributed by atoms with Crippen molar-refractivity contribution >= 4 is 5.84 Å². The lowest BCUT2D eigenvalue weighted by Gasteiger charge is -2.25. The lowest BCUT2D eigenvalue weighted by molar-refractivity contribution is 0.455. The van der Waals surface area contributed by atoms with Crippen LogP contribution in [0, 0.1) is 0 Å². The van der Waals surface area contributed by atoms with Crippen molar-refractivity contribution in [2.24, 2.45) is 4.99 Å². The summed E-state index contributed by atoms with van der Waals surface area (Å²) >= 11 is 0. The van der Waals surface area contributed by atoms with Gasteiger partial charge in [-0.25, -0.2) is 0 Å². The van der Waals surface area contributed by atoms with E-state index in [0.717, 1.165) is 32.4 Å². The van der Waals surface area contributed by atoms with E-state index in [1.807, 2.05) is 18.2 Å². The Bertz CT molecular complexity index is 387. The van der Waals surface area contributed by atoms with Crippen molar-refractivity contribution in [1.82, 2.24) is 4.90 Å². The highest BCUT2D eigenvalue weighted by atomic mass is 16.3. The summed E-state index contributed by atoms with van der Waals surface area (Å²) in [5, 5.41) is 9.36. The quantitative estimate of drug-likeness (QED) is 0.843. The number of amidine groups is 1. The van der Waals surface area contributed by atoms with Gasteiger partial charge in [0, 0.05) is 26.6 Å². The largest absolute Gasteiger partial charge is 0.508 e. The number of aryl methyl sites for hydroxylation is 1. The number of phenolic OH excluding ortho intramolecular Hbond substituents is 1. The first kappa shape index (κ1) is 11.0. The number of benzene rings is 1. The van der Waals surface area contributed by atoms with E-state index >= 15 is 0 Å². The monoisotopic (exact) mass is 218 g/mol. The highest BCUT2D eigenvalue weighted by Crippen LogP contribution is 2.14. The normalized spacial score (nSPS) is 16.1. The van der Waals surface area contributed by atoms with E-state index in [4.69, 9.17) is 0 Å². The molecule has 16 heavy (non-hydrogen) atoms. The van der Waals surface area contributed by atoms with Gasteiger partial charge in [-0.1, -0.05) is 12.1 Å². The molecule has 1 N–H and O–H groups in total. The maximum Gasteiger partial charge on any atom is 0.115 e. The molecule has 0 saturated heterocycles. The molecule has 0 aliphatic carbocycles. The Balaban J connectivity index is 1.94. The van der Waals surface area contributed by atoms with E-state index in [2.05, 4.69) is 16.9 Å². The van der Waals surface area contributed by atoms with E-state index < -0.39 is 0 Å². The molecular weight excluding hydrogens is 200 g/mol. The van der Waals surface area contributed by atoms with Gasteiger partial charge in [0.2, 0.25) is 0 Å². The average molecular weight is 218 g/mol. The number of hydrogen-bond acceptors (Lipinski definition) is 3. The van der Waals surface area contributed by atoms with E-state index in [0.29, 0.717) is 5.75 Å². The summed E-state index contributed by atoms with van der Waals surface area (Å²) in [5.74, 6) is 1.53. The molecule has 0 amide bonds. The Morgan fingerprint density at radius 3 is 3.00 bits per heavy atom. The van der Waals surface area contributed by atoms with Crippen LogP contribution in [0.1, 0.15) is 18.4 Å². The van der Waals surface area contributed by atoms with Crippen LogP contribution in [0.4, 0.5) is 0 Å². The van der Waals surface area contributed by atoms with Crippen LogP contribution in [0.5, 0.6) is 5.75 Å². The first-order valence-corrected chi connectivity index (χ1v) is 5.78. The summed E-state index contributed by atoms with van der Waals surface area (Å²) < 4.78 is 0. The second-order valence-corrected chi connectivity index (χ2v) is 4.24. The van der Waals surface area contributed by atoms with Crippen molar-refractivity contribution < 1.29 is 5.11 Å². The van der Waals surface area contributed by atoms with Gasteiger partial charge >= 0.3 is 0 Å². The second kappa shape index (κ2) is 5.01. The third kappa shape index (κ3) is 2.75. The molecule has 3 nitrogen and oxygen atoms in total. The Morgan fingerprint density at radius 1 is 1.38 bits per heavy atom. The van der Waals surface area contributed by atoms with Crippen molar-refractivity contribution in [2.45, 2.75) is 19.3 Å². The van der Waals surface area contributed by atoms with Crippen LogP contribution in [-0.2, 0) is 6.42 Å². The molecule has 0 aromatic heterocycles. The minimum Gasteiger partial charge on any atom is -0.508 e. The summed E-state index contributed by atoms with van der Waals surface area (Å²) in [7, 11) is 2.10. The van der Waals surface area contributed by atoms with Crippen LogP contribution in [0.2, 0.25) is 0 Å². The van der Waals surface area contributed by atoms with Gasteiger partial charge in [0.25, 0.3) is 0 Å². The highest BCUT2D eigenvalue weighted by molar-refractivity contribution is 5.82. The number of phenols is 1. The Hall–Kier alpha value is -1.51. The van der Waals surface area contributed by atoms with Gasteiger partial charge in [-0.3, -0.25) is 4.99 Å². The van der Waals surface area contributed by atoms with Gasteiger partial charge in [0.05, 0.1) is 5.84 Å². The van der Waals surface area contributed by atoms with Crippen LogP contribution in [0.15, 0.2) is 29.3 Å². The number of aliphatic imine (C=N–C) groups is 1. The Labute approximate surface area is 96.4 Å². The summed E-state index contributed by atoms with van der Waals surface area (Å²) in [5.41, 5.74) is 1.17. The molecule has 0 saturated carbocycles. The molecule has 1 heterocycles. The predicted molar refractivity (Wildman–Crippen MR) is 66.0 cm³/mol. The molecule has 1 aromatic carbocycles. The predicted octanol–water partition coefficient (Wildman–Crippen LogP) is 2.06. The summed E-state index contributed by atoms with van der Waals surface area (Å²) in [6.07, 6.45) is 3.06. The summed E-state index contributed by atoms with van der Waals surface area (Å²) in [6, 6.07) is 7.46. The number of aromatic hydroxyl groups is 1. The minimum absolute atomic E-state index is 0.344. The van der Waals surface area contributed by atoms with Crippen molar-refractivity contribution in [2.75, 3.05) is 20.1 Å². The maximum atomic E-state index is 9.36. The average Bonchev–Trinajstić information content (AvgIpc) is 2.28. The van der Waals surface area contributed by atoms with Crippen LogP contribution in [0.3, 0.4) is 0 Å². The zero-order chi connectivity index (χ0) is 11.4. The molecule has 2 rings (SSSR count). The summed E-state index contributed by atoms with van der Waals surface area (Å²) in [6.45, 7) is 2.07. The van der Waals surface area contributed by atoms with Crippen molar-refractivity contribution in [3.8, 4) is 5.75 Å². The number of nitrogens with zero attached hydrogens (tertiary/aromatic N) is 2. The van der Waals surface area contributed by atoms with Gasteiger partial charge in [0.1, 0.15) is 5.75 Å². The van der Waals surface area contributed by atoms with Crippen LogP contribution < -0.4 is 0 Å². The van der Waals surface area contributed by atoms with Gasteiger partial charge < -0.3 is 10.0 Å². The molecule has 3 heteroatoms. The second-order valence-electron chi connectivity index (χ2n) is 4.24. The molecule has 0 spiro atoms. The van der Waals surface area contributed by atoms with Crippen LogP contribution in [-0.4, -0.2) is 36.0 Å². The molecule has 1 aliphatic rings. The Kier molecular flexibility index (Phi) is 3.44. The molecular formula is C13H18N2O. The third-order valence-electron chi connectivity index (χ3n) is 2.93. The zero-order valence-corrected chi connectivity index (χ0v) is 9.69. The first-order chi connectivity index (χ1) is 7.75. The van der Waals surface area contributed by atoms with Crippen molar-refractivity contribution in [1.29, 1.82) is 0 Å². The fraction of sp³-hybridized carbons (Fsp3) is 0.462. The lowest BCUT2D eigenvalue weighted by atomic mass is 10.1. The lowest BCUT2D eigenvalue weighted by Crippen LogP contribution is -2.32. The molecule has 1 aliphatic heterocycles. The van der Waals surface area contributed by atoms with Crippen molar-refractivity contribution in [3.05, 3.63) is 29.8 Å². The minimum atomic E-state index is 0.344. The summed E-state index contributed by atoms with van der Waals surface area (Å²) in [4.78, 5) is 6.76. The van der Waals surface area contributed by atoms with E-state index in [9.17, 15) is 5.11 Å². The smallest absolute Gasteiger partial charge is 0.115 e. The van der Waals surface area contributed by atoms with Gasteiger partial charge in [-0.15, -0.1) is 0 Å². The molecule has 1 aromatic rings. The van der Waals surface area contributed by atoms with E-state index in [1.165, 1.54) is 11.4 Å². The topological polar surface area (TPSA) is 35.8 Å². The molecule has 86 valence electrons. The van der Waals surface area contributed by atoms with Crippen LogP contribution >= 0.6 is 0 Å². The molecule has 0 radical (unpaired) electrons. The van der Waals surface area contributed by atoms with E-state index in [-0.39, 0.29) is 0 Å². The molecule has 0 unspecified atom stereocenters. The zero-order valence-electron chi connectivity index (χ0n) is 9.69. The fourth-order valence-corrected chi connectivity index (χ4v) is 2.00. The Morgan fingerprint density at radius 2 is 2.25 bits per heavy atom. The van der Waals surface area contributed by atoms with Gasteiger partial charge in [0.15, 0.2) is 0 Å². The maximum absolute atomic E-state index is 9.36. The molecule has 0 atom stereocenters. The number of rotatable bonds is 3. The standard InChI is InChI=1S/C13H18N2O/c1-15-9-3-8-14-13(15)7-6-11-4-2-5-12(16)10-11/h2,4-5,10,16H,3,6-9H2,1H3. The molecule has 0 bridgehead atoms. The number of hydrogen-bond donors (Lipinski definition) is 1. The highest BCUT2D eigenvalue weighted by Gasteiger charge is 2.10. The van der Waals surface area contributed by atoms with Gasteiger partial charge in [-0.05, 0) is 30.5 Å². The van der Waals surface area contributed by atoms with Crippen molar-refractivity contribution in [3.63, 3.8) is 0 Å². The first-order valence-electron chi connectivity index (χ1n) is 5.78. The van der Waals surface area contributed by atoms with Gasteiger partial charge in [-0.2, -0.15) is 0 Å². The SMILES string of the molecule is CN1CCCN=C1CCc1cccc(O)c1. The van der Waals surface area contributed by atoms with E-state index in [1.54, 1.807) is 6.07 Å².